The van der Waals surface area contributed by atoms with Crippen LogP contribution in [0.4, 0.5) is 0 Å². The van der Waals surface area contributed by atoms with Crippen LogP contribution >= 0.6 is 0 Å². The summed E-state index contributed by atoms with van der Waals surface area (Å²) >= 11 is 0. The van der Waals surface area contributed by atoms with Crippen molar-refractivity contribution in [1.29, 1.82) is 0 Å². The van der Waals surface area contributed by atoms with Gasteiger partial charge in [-0.05, 0) is 31.9 Å². The van der Waals surface area contributed by atoms with Crippen molar-refractivity contribution in [3.63, 3.8) is 0 Å². The molecule has 1 N–H and O–H groups in total. The van der Waals surface area contributed by atoms with Gasteiger partial charge in [0.15, 0.2) is 11.4 Å². The summed E-state index contributed by atoms with van der Waals surface area (Å²) in [6.45, 7) is 7.01. The van der Waals surface area contributed by atoms with Crippen LogP contribution in [0.3, 0.4) is 0 Å². The maximum absolute atomic E-state index is 12.1. The Morgan fingerprint density at radius 3 is 2.84 bits per heavy atom. The first-order valence-electron chi connectivity index (χ1n) is 6.45. The minimum absolute atomic E-state index is 0.0183. The summed E-state index contributed by atoms with van der Waals surface area (Å²) in [5.74, 6) is -1.07. The van der Waals surface area contributed by atoms with Gasteiger partial charge in [-0.3, -0.25) is 4.79 Å². The molecule has 0 aromatic heterocycles. The number of Topliss-reactive ketones (excluding diaryl/α,β-unsaturated/α-hetero) is 1. The highest BCUT2D eigenvalue weighted by atomic mass is 17.3. The minimum Gasteiger partial charge on any atom is -0.388 e. The van der Waals surface area contributed by atoms with Crippen molar-refractivity contribution in [2.45, 2.75) is 56.2 Å². The number of carbonyl (C=O) groups is 1. The van der Waals surface area contributed by atoms with Gasteiger partial charge in [0.2, 0.25) is 5.79 Å². The molecular weight excluding hydrogens is 248 g/mol. The number of aliphatic hydroxyl groups is 1. The molecule has 0 bridgehead atoms. The monoisotopic (exact) mass is 266 g/mol. The average Bonchev–Trinajstić information content (AvgIpc) is 2.53. The largest absolute Gasteiger partial charge is 0.388 e. The Morgan fingerprint density at radius 2 is 2.32 bits per heavy atom. The van der Waals surface area contributed by atoms with E-state index in [1.165, 1.54) is 0 Å². The van der Waals surface area contributed by atoms with Gasteiger partial charge >= 0.3 is 0 Å². The third-order valence-corrected chi connectivity index (χ3v) is 4.10. The van der Waals surface area contributed by atoms with E-state index < -0.39 is 23.1 Å². The van der Waals surface area contributed by atoms with Gasteiger partial charge < -0.3 is 9.84 Å². The van der Waals surface area contributed by atoms with Gasteiger partial charge in [0, 0.05) is 6.42 Å². The highest BCUT2D eigenvalue weighted by Crippen LogP contribution is 2.58. The lowest BCUT2D eigenvalue weighted by Crippen LogP contribution is -2.66. The van der Waals surface area contributed by atoms with Crippen molar-refractivity contribution < 1.29 is 24.4 Å². The molecule has 3 unspecified atom stereocenters. The summed E-state index contributed by atoms with van der Waals surface area (Å²) in [4.78, 5) is 22.5. The molecule has 5 heteroatoms. The molecule has 2 heterocycles. The molecule has 2 saturated heterocycles. The predicted molar refractivity (Wildman–Crippen MR) is 65.9 cm³/mol. The van der Waals surface area contributed by atoms with Crippen molar-refractivity contribution in [3.8, 4) is 0 Å². The fraction of sp³-hybridized carbons (Fsp3) is 0.643. The molecule has 1 aliphatic carbocycles. The van der Waals surface area contributed by atoms with Gasteiger partial charge in [0.1, 0.15) is 0 Å². The van der Waals surface area contributed by atoms with E-state index in [-0.39, 0.29) is 12.2 Å². The van der Waals surface area contributed by atoms with Crippen LogP contribution in [0.1, 0.15) is 33.1 Å². The van der Waals surface area contributed by atoms with Crippen LogP contribution in [0.5, 0.6) is 0 Å². The van der Waals surface area contributed by atoms with Gasteiger partial charge in [-0.2, -0.15) is 4.89 Å². The Kier molecular flexibility index (Phi) is 2.57. The molecule has 104 valence electrons. The lowest BCUT2D eigenvalue weighted by Gasteiger charge is -2.50. The standard InChI is InChI=1S/C14H18O5/c1-4-5-9-6-13-8-11(12(2,3)16)17-14(13,19-18-13)7-10(9)15/h4,6,11,16H,1,5,7-8H2,2-3H3. The molecule has 3 aliphatic rings. The summed E-state index contributed by atoms with van der Waals surface area (Å²) in [5.41, 5.74) is -1.08. The van der Waals surface area contributed by atoms with Crippen molar-refractivity contribution in [2.75, 3.05) is 0 Å². The van der Waals surface area contributed by atoms with Gasteiger partial charge in [0.25, 0.3) is 0 Å². The van der Waals surface area contributed by atoms with Crippen molar-refractivity contribution in [2.24, 2.45) is 0 Å². The number of allylic oxidation sites excluding steroid dienone is 2. The maximum Gasteiger partial charge on any atom is 0.245 e. The molecule has 0 aromatic carbocycles. The zero-order chi connectivity index (χ0) is 13.9. The highest BCUT2D eigenvalue weighted by Gasteiger charge is 2.74. The highest BCUT2D eigenvalue weighted by molar-refractivity contribution is 5.98. The molecule has 0 aromatic rings. The molecule has 0 radical (unpaired) electrons. The fourth-order valence-electron chi connectivity index (χ4n) is 2.92. The number of hydrogen-bond donors (Lipinski definition) is 1. The third-order valence-electron chi connectivity index (χ3n) is 4.10. The topological polar surface area (TPSA) is 65.0 Å². The molecule has 2 fully saturated rings. The van der Waals surface area contributed by atoms with Crippen LogP contribution in [0.2, 0.25) is 0 Å². The summed E-state index contributed by atoms with van der Waals surface area (Å²) in [5, 5.41) is 10.1. The number of hydrogen-bond acceptors (Lipinski definition) is 5. The van der Waals surface area contributed by atoms with Crippen LogP contribution in [0.25, 0.3) is 0 Å². The van der Waals surface area contributed by atoms with E-state index in [1.54, 1.807) is 26.0 Å². The van der Waals surface area contributed by atoms with Crippen molar-refractivity contribution >= 4 is 5.78 Å². The molecular formula is C14H18O5. The van der Waals surface area contributed by atoms with Crippen LogP contribution in [-0.2, 0) is 19.3 Å². The van der Waals surface area contributed by atoms with E-state index in [0.29, 0.717) is 18.4 Å². The molecule has 0 amide bonds. The van der Waals surface area contributed by atoms with E-state index in [4.69, 9.17) is 14.5 Å². The van der Waals surface area contributed by atoms with Gasteiger partial charge in [-0.25, -0.2) is 4.89 Å². The Hall–Kier alpha value is -1.01. The first-order valence-corrected chi connectivity index (χ1v) is 6.45. The van der Waals surface area contributed by atoms with E-state index >= 15 is 0 Å². The molecule has 0 saturated carbocycles. The van der Waals surface area contributed by atoms with Gasteiger partial charge in [-0.1, -0.05) is 6.08 Å². The predicted octanol–water partition coefficient (Wildman–Crippen LogP) is 1.42. The van der Waals surface area contributed by atoms with Crippen molar-refractivity contribution in [3.05, 3.63) is 24.3 Å². The SMILES string of the molecule is C=CCC1=CC23CC(C(C)(C)O)OC2(CC1=O)OO3. The number of ether oxygens (including phenoxy) is 1. The summed E-state index contributed by atoms with van der Waals surface area (Å²) < 4.78 is 5.82. The lowest BCUT2D eigenvalue weighted by molar-refractivity contribution is -0.580. The van der Waals surface area contributed by atoms with Crippen LogP contribution in [0, 0.1) is 0 Å². The molecule has 3 atom stereocenters. The summed E-state index contributed by atoms with van der Waals surface area (Å²) in [6.07, 6.45) is 4.16. The van der Waals surface area contributed by atoms with E-state index in [0.717, 1.165) is 0 Å². The Morgan fingerprint density at radius 1 is 1.58 bits per heavy atom. The first-order chi connectivity index (χ1) is 8.82. The Bertz CT molecular complexity index is 475. The van der Waals surface area contributed by atoms with E-state index in [2.05, 4.69) is 6.58 Å². The smallest absolute Gasteiger partial charge is 0.245 e. The molecule has 19 heavy (non-hydrogen) atoms. The quantitative estimate of drug-likeness (QED) is 0.618. The van der Waals surface area contributed by atoms with Crippen LogP contribution in [-0.4, -0.2) is 34.0 Å². The normalized spacial score (nSPS) is 41.1. The zero-order valence-electron chi connectivity index (χ0n) is 11.1. The minimum atomic E-state index is -1.06. The molecule has 2 aliphatic heterocycles. The second-order valence-corrected chi connectivity index (χ2v) is 6.04. The Labute approximate surface area is 111 Å². The lowest BCUT2D eigenvalue weighted by atomic mass is 9.76. The third kappa shape index (κ3) is 1.66. The molecule has 3 rings (SSSR count). The first kappa shape index (κ1) is 13.0. The number of rotatable bonds is 3. The zero-order valence-corrected chi connectivity index (χ0v) is 11.1. The summed E-state index contributed by atoms with van der Waals surface area (Å²) in [7, 11) is 0. The average molecular weight is 266 g/mol. The van der Waals surface area contributed by atoms with Gasteiger partial charge in [-0.15, -0.1) is 6.58 Å². The second-order valence-electron chi connectivity index (χ2n) is 6.04. The van der Waals surface area contributed by atoms with Gasteiger partial charge in [0.05, 0.1) is 18.1 Å². The number of carbonyl (C=O) groups excluding carboxylic acids is 1. The second kappa shape index (κ2) is 3.76. The molecule has 0 spiro atoms. The maximum atomic E-state index is 12.1. The van der Waals surface area contributed by atoms with Crippen molar-refractivity contribution in [1.82, 2.24) is 0 Å². The summed E-state index contributed by atoms with van der Waals surface area (Å²) in [6, 6.07) is 0. The van der Waals surface area contributed by atoms with Crippen LogP contribution < -0.4 is 0 Å². The van der Waals surface area contributed by atoms with E-state index in [9.17, 15) is 9.90 Å². The van der Waals surface area contributed by atoms with Crippen LogP contribution in [0.15, 0.2) is 24.3 Å². The number of ketones is 1. The van der Waals surface area contributed by atoms with E-state index in [1.807, 2.05) is 0 Å². The molecule has 5 nitrogen and oxygen atoms in total. The Balaban J connectivity index is 1.96. The fourth-order valence-corrected chi connectivity index (χ4v) is 2.92.